The number of esters is 1. The summed E-state index contributed by atoms with van der Waals surface area (Å²) in [5, 5.41) is 3.78. The third-order valence-corrected chi connectivity index (χ3v) is 3.14. The van der Waals surface area contributed by atoms with Crippen molar-refractivity contribution in [2.75, 3.05) is 24.4 Å². The normalized spacial score (nSPS) is 11.9. The van der Waals surface area contributed by atoms with E-state index in [0.717, 1.165) is 17.9 Å². The molecular weight excluding hydrogens is 258 g/mol. The number of benzene rings is 1. The molecule has 3 nitrogen and oxygen atoms in total. The van der Waals surface area contributed by atoms with Crippen molar-refractivity contribution in [3.63, 3.8) is 0 Å². The van der Waals surface area contributed by atoms with Gasteiger partial charge in [-0.1, -0.05) is 17.7 Å². The molecule has 1 aromatic carbocycles. The van der Waals surface area contributed by atoms with E-state index >= 15 is 0 Å². The summed E-state index contributed by atoms with van der Waals surface area (Å²) in [5.41, 5.74) is 0.828. The molecule has 94 valence electrons. The predicted octanol–water partition coefficient (Wildman–Crippen LogP) is 3.05. The molecule has 0 aromatic heterocycles. The van der Waals surface area contributed by atoms with Crippen LogP contribution in [0.2, 0.25) is 5.02 Å². The molecule has 0 saturated heterocycles. The molecule has 0 saturated carbocycles. The summed E-state index contributed by atoms with van der Waals surface area (Å²) in [4.78, 5) is 11.6. The van der Waals surface area contributed by atoms with E-state index in [9.17, 15) is 4.79 Å². The molecule has 5 heteroatoms. The smallest absolute Gasteiger partial charge is 0.328 e. The fraction of sp³-hybridized carbons (Fsp3) is 0.417. The molecule has 17 heavy (non-hydrogen) atoms. The fourth-order valence-electron chi connectivity index (χ4n) is 1.41. The van der Waals surface area contributed by atoms with E-state index in [2.05, 4.69) is 5.32 Å². The Labute approximate surface area is 111 Å². The first-order valence-electron chi connectivity index (χ1n) is 5.26. The minimum atomic E-state index is -0.328. The Morgan fingerprint density at radius 2 is 2.35 bits per heavy atom. The van der Waals surface area contributed by atoms with Gasteiger partial charge in [-0.3, -0.25) is 0 Å². The van der Waals surface area contributed by atoms with Gasteiger partial charge in [-0.2, -0.15) is 11.8 Å². The second kappa shape index (κ2) is 7.45. The van der Waals surface area contributed by atoms with Gasteiger partial charge in [0.05, 0.1) is 7.11 Å². The van der Waals surface area contributed by atoms with Crippen LogP contribution in [0.3, 0.4) is 0 Å². The first-order valence-corrected chi connectivity index (χ1v) is 7.03. The van der Waals surface area contributed by atoms with Crippen molar-refractivity contribution in [1.82, 2.24) is 0 Å². The van der Waals surface area contributed by atoms with Crippen LogP contribution in [0.1, 0.15) is 6.42 Å². The molecule has 1 rings (SSSR count). The van der Waals surface area contributed by atoms with E-state index in [0.29, 0.717) is 5.02 Å². The van der Waals surface area contributed by atoms with Crippen LogP contribution >= 0.6 is 23.4 Å². The van der Waals surface area contributed by atoms with Crippen molar-refractivity contribution < 1.29 is 9.53 Å². The zero-order valence-electron chi connectivity index (χ0n) is 9.90. The first kappa shape index (κ1) is 14.2. The highest BCUT2D eigenvalue weighted by Gasteiger charge is 2.18. The largest absolute Gasteiger partial charge is 0.467 e. The molecule has 0 heterocycles. The number of halogens is 1. The van der Waals surface area contributed by atoms with Crippen molar-refractivity contribution >= 4 is 35.0 Å². The fourth-order valence-corrected chi connectivity index (χ4v) is 2.07. The summed E-state index contributed by atoms with van der Waals surface area (Å²) < 4.78 is 4.77. The average Bonchev–Trinajstić information content (AvgIpc) is 2.33. The van der Waals surface area contributed by atoms with Gasteiger partial charge in [0, 0.05) is 10.7 Å². The number of methoxy groups -OCH3 is 1. The van der Waals surface area contributed by atoms with Crippen LogP contribution in [0.15, 0.2) is 24.3 Å². The monoisotopic (exact) mass is 273 g/mol. The SMILES string of the molecule is COC(=O)C(CCSC)Nc1cccc(Cl)c1. The Morgan fingerprint density at radius 3 is 2.94 bits per heavy atom. The molecule has 0 aliphatic carbocycles. The number of ether oxygens (including phenoxy) is 1. The lowest BCUT2D eigenvalue weighted by atomic mass is 10.2. The van der Waals surface area contributed by atoms with Crippen molar-refractivity contribution in [2.24, 2.45) is 0 Å². The lowest BCUT2D eigenvalue weighted by molar-refractivity contribution is -0.141. The van der Waals surface area contributed by atoms with Crippen LogP contribution in [0.5, 0.6) is 0 Å². The number of carbonyl (C=O) groups excluding carboxylic acids is 1. The maximum absolute atomic E-state index is 11.6. The molecule has 1 atom stereocenters. The predicted molar refractivity (Wildman–Crippen MR) is 73.9 cm³/mol. The molecule has 0 bridgehead atoms. The molecule has 1 N–H and O–H groups in total. The summed E-state index contributed by atoms with van der Waals surface area (Å²) in [6, 6.07) is 6.97. The number of nitrogens with one attached hydrogen (secondary N) is 1. The number of thioether (sulfide) groups is 1. The summed E-state index contributed by atoms with van der Waals surface area (Å²) >= 11 is 7.58. The van der Waals surface area contributed by atoms with Crippen LogP contribution in [-0.4, -0.2) is 31.1 Å². The molecule has 0 spiro atoms. The van der Waals surface area contributed by atoms with Gasteiger partial charge in [-0.15, -0.1) is 0 Å². The summed E-state index contributed by atoms with van der Waals surface area (Å²) in [6.45, 7) is 0. The van der Waals surface area contributed by atoms with Gasteiger partial charge < -0.3 is 10.1 Å². The number of hydrogen-bond donors (Lipinski definition) is 1. The third-order valence-electron chi connectivity index (χ3n) is 2.26. The van der Waals surface area contributed by atoms with E-state index < -0.39 is 0 Å². The maximum atomic E-state index is 11.6. The average molecular weight is 274 g/mol. The lowest BCUT2D eigenvalue weighted by Crippen LogP contribution is -2.31. The standard InChI is InChI=1S/C12H16ClNO2S/c1-16-12(15)11(6-7-17-2)14-10-5-3-4-9(13)8-10/h3-5,8,11,14H,6-7H2,1-2H3. The first-order chi connectivity index (χ1) is 8.17. The minimum absolute atomic E-state index is 0.251. The molecule has 1 unspecified atom stereocenters. The van der Waals surface area contributed by atoms with Gasteiger partial charge in [0.25, 0.3) is 0 Å². The number of rotatable bonds is 6. The highest BCUT2D eigenvalue weighted by Crippen LogP contribution is 2.17. The van der Waals surface area contributed by atoms with Crippen LogP contribution in [0.25, 0.3) is 0 Å². The van der Waals surface area contributed by atoms with E-state index in [1.165, 1.54) is 7.11 Å². The summed E-state index contributed by atoms with van der Waals surface area (Å²) in [6.07, 6.45) is 2.73. The molecule has 1 aromatic rings. The van der Waals surface area contributed by atoms with Crippen LogP contribution < -0.4 is 5.32 Å². The van der Waals surface area contributed by atoms with Crippen LogP contribution in [0.4, 0.5) is 5.69 Å². The van der Waals surface area contributed by atoms with Crippen molar-refractivity contribution in [3.05, 3.63) is 29.3 Å². The maximum Gasteiger partial charge on any atom is 0.328 e. The van der Waals surface area contributed by atoms with Gasteiger partial charge in [0.15, 0.2) is 0 Å². The van der Waals surface area contributed by atoms with Gasteiger partial charge in [-0.25, -0.2) is 4.79 Å². The molecule has 0 aliphatic heterocycles. The Kier molecular flexibility index (Phi) is 6.22. The van der Waals surface area contributed by atoms with E-state index in [1.54, 1.807) is 23.9 Å². The summed E-state index contributed by atoms with van der Waals surface area (Å²) in [5.74, 6) is 0.645. The van der Waals surface area contributed by atoms with Gasteiger partial charge >= 0.3 is 5.97 Å². The topological polar surface area (TPSA) is 38.3 Å². The quantitative estimate of drug-likeness (QED) is 0.809. The molecule has 0 amide bonds. The highest BCUT2D eigenvalue weighted by atomic mass is 35.5. The molecule has 0 aliphatic rings. The Bertz CT molecular complexity index is 373. The second-order valence-electron chi connectivity index (χ2n) is 3.51. The van der Waals surface area contributed by atoms with E-state index in [1.807, 2.05) is 18.4 Å². The van der Waals surface area contributed by atoms with E-state index in [-0.39, 0.29) is 12.0 Å². The molecule has 0 fully saturated rings. The van der Waals surface area contributed by atoms with Gasteiger partial charge in [0.1, 0.15) is 6.04 Å². The van der Waals surface area contributed by atoms with Crippen molar-refractivity contribution in [3.8, 4) is 0 Å². The third kappa shape index (κ3) is 4.88. The van der Waals surface area contributed by atoms with Crippen molar-refractivity contribution in [1.29, 1.82) is 0 Å². The van der Waals surface area contributed by atoms with Crippen LogP contribution in [0, 0.1) is 0 Å². The lowest BCUT2D eigenvalue weighted by Gasteiger charge is -2.17. The number of carbonyl (C=O) groups is 1. The Hall–Kier alpha value is -0.870. The van der Waals surface area contributed by atoms with Gasteiger partial charge in [-0.05, 0) is 36.6 Å². The van der Waals surface area contributed by atoms with Crippen LogP contribution in [-0.2, 0) is 9.53 Å². The zero-order valence-corrected chi connectivity index (χ0v) is 11.5. The second-order valence-corrected chi connectivity index (χ2v) is 4.93. The summed E-state index contributed by atoms with van der Waals surface area (Å²) in [7, 11) is 1.40. The Morgan fingerprint density at radius 1 is 1.59 bits per heavy atom. The highest BCUT2D eigenvalue weighted by molar-refractivity contribution is 7.98. The number of anilines is 1. The molecule has 0 radical (unpaired) electrons. The Balaban J connectivity index is 2.68. The van der Waals surface area contributed by atoms with E-state index in [4.69, 9.17) is 16.3 Å². The molecular formula is C12H16ClNO2S. The number of hydrogen-bond acceptors (Lipinski definition) is 4. The minimum Gasteiger partial charge on any atom is -0.467 e. The zero-order chi connectivity index (χ0) is 12.7. The van der Waals surface area contributed by atoms with Gasteiger partial charge in [0.2, 0.25) is 0 Å². The van der Waals surface area contributed by atoms with Crippen molar-refractivity contribution in [2.45, 2.75) is 12.5 Å².